The lowest BCUT2D eigenvalue weighted by molar-refractivity contribution is 0.0636. The lowest BCUT2D eigenvalue weighted by Crippen LogP contribution is -2.27. The number of rotatable bonds is 4. The van der Waals surface area contributed by atoms with Crippen molar-refractivity contribution >= 4 is 35.1 Å². The fourth-order valence-corrected chi connectivity index (χ4v) is 2.41. The fourth-order valence-electron chi connectivity index (χ4n) is 2.00. The summed E-state index contributed by atoms with van der Waals surface area (Å²) in [6.07, 6.45) is 1.47. The number of benzene rings is 2. The van der Waals surface area contributed by atoms with Gasteiger partial charge < -0.3 is 10.1 Å². The molecule has 2 aromatic carbocycles. The third kappa shape index (κ3) is 6.15. The number of nitrogens with one attached hydrogen (secondary N) is 2. The number of carbonyl (C=O) groups excluding carboxylic acids is 2. The number of thioether (sulfide) groups is 1. The molecule has 0 spiro atoms. The van der Waals surface area contributed by atoms with Gasteiger partial charge in [0.05, 0.1) is 0 Å². The zero-order valence-electron chi connectivity index (χ0n) is 14.8. The number of hydrogen-bond acceptors (Lipinski definition) is 4. The van der Waals surface area contributed by atoms with Crippen LogP contribution in [0.3, 0.4) is 0 Å². The van der Waals surface area contributed by atoms with Crippen LogP contribution in [0.1, 0.15) is 31.1 Å². The summed E-state index contributed by atoms with van der Waals surface area (Å²) < 4.78 is 5.19. The quantitative estimate of drug-likeness (QED) is 0.754. The molecule has 0 unspecified atom stereocenters. The van der Waals surface area contributed by atoms with Gasteiger partial charge in [0.1, 0.15) is 5.60 Å². The molecule has 2 N–H and O–H groups in total. The molecule has 0 aliphatic carbocycles. The Morgan fingerprint density at radius 1 is 0.880 bits per heavy atom. The van der Waals surface area contributed by atoms with Crippen molar-refractivity contribution in [2.45, 2.75) is 31.3 Å². The summed E-state index contributed by atoms with van der Waals surface area (Å²) in [6.45, 7) is 5.39. The Morgan fingerprint density at radius 3 is 1.92 bits per heavy atom. The van der Waals surface area contributed by atoms with Gasteiger partial charge in [-0.05, 0) is 75.6 Å². The summed E-state index contributed by atoms with van der Waals surface area (Å²) in [6, 6.07) is 14.3. The van der Waals surface area contributed by atoms with Gasteiger partial charge in [0.25, 0.3) is 5.91 Å². The van der Waals surface area contributed by atoms with E-state index in [1.807, 2.05) is 30.5 Å². The molecule has 0 fully saturated rings. The fraction of sp³-hybridized carbons (Fsp3) is 0.263. The summed E-state index contributed by atoms with van der Waals surface area (Å²) in [5.74, 6) is -0.208. The highest BCUT2D eigenvalue weighted by molar-refractivity contribution is 7.98. The van der Waals surface area contributed by atoms with Gasteiger partial charge in [-0.1, -0.05) is 0 Å². The van der Waals surface area contributed by atoms with Gasteiger partial charge in [0.15, 0.2) is 0 Å². The molecule has 25 heavy (non-hydrogen) atoms. The first kappa shape index (κ1) is 18.9. The van der Waals surface area contributed by atoms with Crippen molar-refractivity contribution in [2.75, 3.05) is 16.9 Å². The van der Waals surface area contributed by atoms with E-state index in [1.165, 1.54) is 0 Å². The monoisotopic (exact) mass is 358 g/mol. The summed E-state index contributed by atoms with van der Waals surface area (Å²) in [4.78, 5) is 25.1. The van der Waals surface area contributed by atoms with Gasteiger partial charge in [-0.2, -0.15) is 0 Å². The normalized spacial score (nSPS) is 10.9. The predicted molar refractivity (Wildman–Crippen MR) is 102 cm³/mol. The average Bonchev–Trinajstić information content (AvgIpc) is 2.54. The Hall–Kier alpha value is -2.47. The minimum Gasteiger partial charge on any atom is -0.444 e. The largest absolute Gasteiger partial charge is 0.444 e. The van der Waals surface area contributed by atoms with E-state index in [-0.39, 0.29) is 5.91 Å². The highest BCUT2D eigenvalue weighted by Crippen LogP contribution is 2.18. The zero-order chi connectivity index (χ0) is 18.4. The molecule has 6 heteroatoms. The Kier molecular flexibility index (Phi) is 6.09. The Morgan fingerprint density at radius 2 is 1.40 bits per heavy atom. The number of hydrogen-bond donors (Lipinski definition) is 2. The van der Waals surface area contributed by atoms with Crippen LogP contribution in [-0.4, -0.2) is 23.9 Å². The van der Waals surface area contributed by atoms with E-state index in [9.17, 15) is 9.59 Å². The lowest BCUT2D eigenvalue weighted by atomic mass is 10.2. The van der Waals surface area contributed by atoms with E-state index in [4.69, 9.17) is 4.74 Å². The van der Waals surface area contributed by atoms with Gasteiger partial charge in [0, 0.05) is 21.8 Å². The van der Waals surface area contributed by atoms with Crippen LogP contribution in [0.2, 0.25) is 0 Å². The topological polar surface area (TPSA) is 67.4 Å². The molecule has 5 nitrogen and oxygen atoms in total. The van der Waals surface area contributed by atoms with Crippen LogP contribution in [0.5, 0.6) is 0 Å². The van der Waals surface area contributed by atoms with Gasteiger partial charge in [-0.3, -0.25) is 10.1 Å². The second-order valence-corrected chi connectivity index (χ2v) is 7.27. The standard InChI is InChI=1S/C19H22N2O3S/c1-19(2,3)24-18(23)21-15-7-5-13(6-8-15)17(22)20-14-9-11-16(25-4)12-10-14/h5-12H,1-4H3,(H,20,22)(H,21,23). The first-order valence-electron chi connectivity index (χ1n) is 7.82. The molecular formula is C19H22N2O3S. The summed E-state index contributed by atoms with van der Waals surface area (Å²) >= 11 is 1.64. The zero-order valence-corrected chi connectivity index (χ0v) is 15.6. The summed E-state index contributed by atoms with van der Waals surface area (Å²) in [5.41, 5.74) is 1.24. The maximum Gasteiger partial charge on any atom is 0.412 e. The molecule has 0 atom stereocenters. The Labute approximate surface area is 152 Å². The van der Waals surface area contributed by atoms with Crippen molar-refractivity contribution in [3.63, 3.8) is 0 Å². The third-order valence-electron chi connectivity index (χ3n) is 3.14. The third-order valence-corrected chi connectivity index (χ3v) is 3.88. The smallest absolute Gasteiger partial charge is 0.412 e. The molecule has 2 rings (SSSR count). The second kappa shape index (κ2) is 8.07. The molecule has 0 aromatic heterocycles. The Bertz CT molecular complexity index is 735. The molecule has 0 bridgehead atoms. The lowest BCUT2D eigenvalue weighted by Gasteiger charge is -2.19. The molecule has 0 saturated heterocycles. The molecule has 0 saturated carbocycles. The maximum atomic E-state index is 12.3. The van der Waals surface area contributed by atoms with Crippen LogP contribution in [0.4, 0.5) is 16.2 Å². The van der Waals surface area contributed by atoms with E-state index in [1.54, 1.807) is 56.8 Å². The maximum absolute atomic E-state index is 12.3. The van der Waals surface area contributed by atoms with Crippen molar-refractivity contribution < 1.29 is 14.3 Å². The predicted octanol–water partition coefficient (Wildman–Crippen LogP) is 5.01. The minimum atomic E-state index is -0.560. The van der Waals surface area contributed by atoms with Crippen LogP contribution < -0.4 is 10.6 Å². The number of carbonyl (C=O) groups is 2. The van der Waals surface area contributed by atoms with Gasteiger partial charge in [0.2, 0.25) is 0 Å². The van der Waals surface area contributed by atoms with E-state index < -0.39 is 11.7 Å². The first-order chi connectivity index (χ1) is 11.8. The molecule has 0 radical (unpaired) electrons. The highest BCUT2D eigenvalue weighted by atomic mass is 32.2. The van der Waals surface area contributed by atoms with Crippen molar-refractivity contribution in [1.82, 2.24) is 0 Å². The number of ether oxygens (including phenoxy) is 1. The van der Waals surface area contributed by atoms with E-state index >= 15 is 0 Å². The molecular weight excluding hydrogens is 336 g/mol. The number of anilines is 2. The second-order valence-electron chi connectivity index (χ2n) is 6.39. The van der Waals surface area contributed by atoms with Crippen molar-refractivity contribution in [2.24, 2.45) is 0 Å². The van der Waals surface area contributed by atoms with E-state index in [2.05, 4.69) is 10.6 Å². The van der Waals surface area contributed by atoms with Crippen LogP contribution in [0.25, 0.3) is 0 Å². The SMILES string of the molecule is CSc1ccc(NC(=O)c2ccc(NC(=O)OC(C)(C)C)cc2)cc1. The average molecular weight is 358 g/mol. The summed E-state index contributed by atoms with van der Waals surface area (Å²) in [5, 5.41) is 5.47. The Balaban J connectivity index is 1.96. The van der Waals surface area contributed by atoms with Crippen molar-refractivity contribution in [1.29, 1.82) is 0 Å². The molecule has 2 aromatic rings. The van der Waals surface area contributed by atoms with Gasteiger partial charge >= 0.3 is 6.09 Å². The molecule has 2 amide bonds. The number of amides is 2. The summed E-state index contributed by atoms with van der Waals surface area (Å²) in [7, 11) is 0. The van der Waals surface area contributed by atoms with Gasteiger partial charge in [-0.25, -0.2) is 4.79 Å². The highest BCUT2D eigenvalue weighted by Gasteiger charge is 2.16. The minimum absolute atomic E-state index is 0.208. The van der Waals surface area contributed by atoms with Crippen LogP contribution >= 0.6 is 11.8 Å². The molecule has 132 valence electrons. The van der Waals surface area contributed by atoms with Crippen LogP contribution in [-0.2, 0) is 4.74 Å². The van der Waals surface area contributed by atoms with Crippen LogP contribution in [0.15, 0.2) is 53.4 Å². The molecule has 0 aliphatic heterocycles. The van der Waals surface area contributed by atoms with Crippen molar-refractivity contribution in [3.8, 4) is 0 Å². The van der Waals surface area contributed by atoms with Crippen LogP contribution in [0, 0.1) is 0 Å². The van der Waals surface area contributed by atoms with E-state index in [0.717, 1.165) is 10.6 Å². The molecule has 0 aliphatic rings. The first-order valence-corrected chi connectivity index (χ1v) is 9.05. The van der Waals surface area contributed by atoms with E-state index in [0.29, 0.717) is 11.3 Å². The van der Waals surface area contributed by atoms with Gasteiger partial charge in [-0.15, -0.1) is 11.8 Å². The molecule has 0 heterocycles. The van der Waals surface area contributed by atoms with Crippen molar-refractivity contribution in [3.05, 3.63) is 54.1 Å².